The van der Waals surface area contributed by atoms with E-state index in [1.807, 2.05) is 0 Å². The van der Waals surface area contributed by atoms with Gasteiger partial charge in [0.25, 0.3) is 0 Å². The fourth-order valence-electron chi connectivity index (χ4n) is 2.44. The van der Waals surface area contributed by atoms with Gasteiger partial charge in [-0.1, -0.05) is 18.2 Å². The molecule has 1 aliphatic heterocycles. The third kappa shape index (κ3) is 2.77. The van der Waals surface area contributed by atoms with Gasteiger partial charge in [0, 0.05) is 5.56 Å². The number of Topliss-reactive ketones (excluding diaryl/α,β-unsaturated/α-hetero) is 1. The van der Waals surface area contributed by atoms with Gasteiger partial charge in [-0.2, -0.15) is 0 Å². The van der Waals surface area contributed by atoms with Gasteiger partial charge in [0.15, 0.2) is 17.3 Å². The van der Waals surface area contributed by atoms with Gasteiger partial charge in [0.1, 0.15) is 5.70 Å². The average Bonchev–Trinajstić information content (AvgIpc) is 2.60. The first-order valence-corrected chi connectivity index (χ1v) is 7.17. The highest BCUT2D eigenvalue weighted by atomic mass is 19.1. The summed E-state index contributed by atoms with van der Waals surface area (Å²) in [4.78, 5) is 23.3. The lowest BCUT2D eigenvalue weighted by Crippen LogP contribution is -2.24. The Morgan fingerprint density at radius 1 is 1.08 bits per heavy atom. The Balaban J connectivity index is 2.05. The lowest BCUT2D eigenvalue weighted by Gasteiger charge is -2.25. The summed E-state index contributed by atoms with van der Waals surface area (Å²) in [6, 6.07) is 3.87. The average molecular weight is 341 g/mol. The molecule has 2 aliphatic rings. The maximum absolute atomic E-state index is 14.1. The first-order valence-electron chi connectivity index (χ1n) is 7.17. The topological polar surface area (TPSA) is 98.1 Å². The summed E-state index contributed by atoms with van der Waals surface area (Å²) in [5.74, 6) is -3.91. The van der Waals surface area contributed by atoms with E-state index in [1.165, 1.54) is 42.5 Å². The van der Waals surface area contributed by atoms with Crippen molar-refractivity contribution >= 4 is 17.3 Å². The number of hydroxylamine groups is 2. The maximum Gasteiger partial charge on any atom is 0.236 e. The van der Waals surface area contributed by atoms with Crippen molar-refractivity contribution in [3.8, 4) is 5.75 Å². The molecule has 1 aromatic rings. The van der Waals surface area contributed by atoms with Crippen molar-refractivity contribution in [1.82, 2.24) is 5.06 Å². The van der Waals surface area contributed by atoms with Crippen LogP contribution in [0.2, 0.25) is 0 Å². The first kappa shape index (κ1) is 16.4. The second-order valence-electron chi connectivity index (χ2n) is 5.23. The van der Waals surface area contributed by atoms with Crippen molar-refractivity contribution in [3.63, 3.8) is 0 Å². The molecule has 3 rings (SSSR count). The molecule has 25 heavy (non-hydrogen) atoms. The van der Waals surface area contributed by atoms with E-state index >= 15 is 0 Å². The number of carbonyl (C=O) groups is 2. The minimum atomic E-state index is -0.951. The highest BCUT2D eigenvalue weighted by Gasteiger charge is 2.28. The number of ketones is 2. The number of phenols is 1. The molecule has 0 saturated heterocycles. The molecule has 0 radical (unpaired) electrons. The lowest BCUT2D eigenvalue weighted by atomic mass is 9.98. The highest BCUT2D eigenvalue weighted by molar-refractivity contribution is 6.49. The molecule has 0 atom stereocenters. The number of rotatable bonds is 2. The smallest absolute Gasteiger partial charge is 0.236 e. The van der Waals surface area contributed by atoms with Crippen LogP contribution in [0.5, 0.6) is 5.75 Å². The fraction of sp³-hybridized carbons (Fsp3) is 0. The molecule has 1 aliphatic carbocycles. The van der Waals surface area contributed by atoms with Crippen molar-refractivity contribution in [3.05, 3.63) is 83.1 Å². The number of carbonyl (C=O) groups excluding carboxylic acids is 2. The van der Waals surface area contributed by atoms with Crippen LogP contribution in [0.1, 0.15) is 5.56 Å². The van der Waals surface area contributed by atoms with Crippen LogP contribution in [0.25, 0.3) is 5.70 Å². The first-order chi connectivity index (χ1) is 11.9. The number of benzene rings is 1. The highest BCUT2D eigenvalue weighted by Crippen LogP contribution is 2.33. The van der Waals surface area contributed by atoms with Crippen molar-refractivity contribution in [2.45, 2.75) is 0 Å². The van der Waals surface area contributed by atoms with E-state index in [0.29, 0.717) is 5.06 Å². The molecule has 0 saturated carbocycles. The van der Waals surface area contributed by atoms with Crippen LogP contribution in [-0.2, 0) is 9.59 Å². The van der Waals surface area contributed by atoms with E-state index in [-0.39, 0.29) is 22.5 Å². The standard InChI is InChI=1S/C18H12FNO5/c19-16-10(4-1-8-14(16)21)12-6-3-7-13(20(12)25)17(23)11-5-2-9-15(22)18(11)24/h1-9,21,23,25H. The molecule has 0 spiro atoms. The Morgan fingerprint density at radius 3 is 2.56 bits per heavy atom. The minimum absolute atomic E-state index is 0.0665. The van der Waals surface area contributed by atoms with Gasteiger partial charge in [0.2, 0.25) is 11.6 Å². The summed E-state index contributed by atoms with van der Waals surface area (Å²) in [6.07, 6.45) is 7.66. The maximum atomic E-state index is 14.1. The predicted molar refractivity (Wildman–Crippen MR) is 85.7 cm³/mol. The number of aromatic hydroxyl groups is 1. The third-order valence-electron chi connectivity index (χ3n) is 3.70. The normalized spacial score (nSPS) is 19.0. The van der Waals surface area contributed by atoms with E-state index < -0.39 is 28.9 Å². The molecule has 1 heterocycles. The summed E-state index contributed by atoms with van der Waals surface area (Å²) in [6.45, 7) is 0. The third-order valence-corrected chi connectivity index (χ3v) is 3.70. The van der Waals surface area contributed by atoms with Gasteiger partial charge in [0.05, 0.1) is 11.3 Å². The van der Waals surface area contributed by atoms with E-state index in [4.69, 9.17) is 0 Å². The molecule has 0 unspecified atom stereocenters. The number of hydrogen-bond acceptors (Lipinski definition) is 6. The zero-order chi connectivity index (χ0) is 18.1. The van der Waals surface area contributed by atoms with Crippen LogP contribution in [0.3, 0.4) is 0 Å². The van der Waals surface area contributed by atoms with Crippen LogP contribution in [0.15, 0.2) is 71.7 Å². The molecular formula is C18H12FNO5. The quantitative estimate of drug-likeness (QED) is 0.434. The molecule has 126 valence electrons. The monoisotopic (exact) mass is 341 g/mol. The second-order valence-corrected chi connectivity index (χ2v) is 5.23. The van der Waals surface area contributed by atoms with Crippen molar-refractivity contribution < 1.29 is 29.4 Å². The Morgan fingerprint density at radius 2 is 1.80 bits per heavy atom. The summed E-state index contributed by atoms with van der Waals surface area (Å²) in [7, 11) is 0. The van der Waals surface area contributed by atoms with E-state index in [0.717, 1.165) is 12.1 Å². The number of aliphatic hydroxyl groups excluding tert-OH is 1. The van der Waals surface area contributed by atoms with Gasteiger partial charge >= 0.3 is 0 Å². The van der Waals surface area contributed by atoms with Gasteiger partial charge in [-0.15, -0.1) is 0 Å². The Labute approximate surface area is 141 Å². The van der Waals surface area contributed by atoms with Crippen LogP contribution < -0.4 is 0 Å². The Kier molecular flexibility index (Phi) is 4.08. The molecule has 6 nitrogen and oxygen atoms in total. The predicted octanol–water partition coefficient (Wildman–Crippen LogP) is 2.54. The number of nitrogens with zero attached hydrogens (tertiary/aromatic N) is 1. The number of allylic oxidation sites excluding steroid dienone is 7. The van der Waals surface area contributed by atoms with Crippen molar-refractivity contribution in [2.24, 2.45) is 0 Å². The summed E-state index contributed by atoms with van der Waals surface area (Å²) in [5, 5.41) is 30.6. The van der Waals surface area contributed by atoms with E-state index in [2.05, 4.69) is 0 Å². The van der Waals surface area contributed by atoms with Crippen LogP contribution in [0.4, 0.5) is 4.39 Å². The summed E-state index contributed by atoms with van der Waals surface area (Å²) >= 11 is 0. The number of aliphatic hydroxyl groups is 1. The number of halogens is 1. The second kappa shape index (κ2) is 6.21. The lowest BCUT2D eigenvalue weighted by molar-refractivity contribution is -0.131. The number of phenolic OH excluding ortho intramolecular Hbond substituents is 1. The Hall–Kier alpha value is -3.45. The van der Waals surface area contributed by atoms with Gasteiger partial charge in [-0.3, -0.25) is 14.8 Å². The molecular weight excluding hydrogens is 329 g/mol. The molecule has 0 bridgehead atoms. The molecule has 7 heteroatoms. The van der Waals surface area contributed by atoms with Crippen LogP contribution >= 0.6 is 0 Å². The molecule has 0 fully saturated rings. The largest absolute Gasteiger partial charge is 0.505 e. The molecule has 1 aromatic carbocycles. The molecule has 0 amide bonds. The SMILES string of the molecule is O=C1C=CC=C(C(O)=C2C=CC=C(c3cccc(O)c3F)N2O)C1=O. The zero-order valence-corrected chi connectivity index (χ0v) is 12.7. The summed E-state index contributed by atoms with van der Waals surface area (Å²) < 4.78 is 14.1. The number of hydrogen-bond donors (Lipinski definition) is 3. The van der Waals surface area contributed by atoms with E-state index in [9.17, 15) is 29.4 Å². The van der Waals surface area contributed by atoms with Crippen molar-refractivity contribution in [1.29, 1.82) is 0 Å². The van der Waals surface area contributed by atoms with Gasteiger partial charge < -0.3 is 10.2 Å². The van der Waals surface area contributed by atoms with Crippen molar-refractivity contribution in [2.75, 3.05) is 0 Å². The molecule has 3 N–H and O–H groups in total. The van der Waals surface area contributed by atoms with E-state index in [1.54, 1.807) is 0 Å². The summed E-state index contributed by atoms with van der Waals surface area (Å²) in [5.41, 5.74) is -0.688. The zero-order valence-electron chi connectivity index (χ0n) is 12.7. The van der Waals surface area contributed by atoms with Crippen LogP contribution in [-0.4, -0.2) is 32.1 Å². The fourth-order valence-corrected chi connectivity index (χ4v) is 2.44. The van der Waals surface area contributed by atoms with Gasteiger partial charge in [-0.05, 0) is 36.4 Å². The van der Waals surface area contributed by atoms with Crippen LogP contribution in [0, 0.1) is 5.82 Å². The van der Waals surface area contributed by atoms with Gasteiger partial charge in [-0.25, -0.2) is 9.45 Å². The molecule has 0 aromatic heterocycles. The minimum Gasteiger partial charge on any atom is -0.505 e. The Bertz CT molecular complexity index is 937.